The fourth-order valence-electron chi connectivity index (χ4n) is 2.26. The molecule has 2 aromatic rings. The number of nitrogens with zero attached hydrogens (tertiary/aromatic N) is 1. The molecule has 0 radical (unpaired) electrons. The van der Waals surface area contributed by atoms with Crippen molar-refractivity contribution in [2.24, 2.45) is 0 Å². The van der Waals surface area contributed by atoms with E-state index in [9.17, 15) is 9.90 Å². The summed E-state index contributed by atoms with van der Waals surface area (Å²) in [5, 5.41) is 15.2. The summed E-state index contributed by atoms with van der Waals surface area (Å²) in [6.07, 6.45) is -0.00896. The second-order valence-electron chi connectivity index (χ2n) is 4.75. The maximum atomic E-state index is 12.0. The SMILES string of the molecule is Cc1nc2ccc(NC(=O)C3CC(O)CN3)cc2o1. The second-order valence-corrected chi connectivity index (χ2v) is 4.75. The molecule has 1 aliphatic rings. The Labute approximate surface area is 109 Å². The van der Waals surface area contributed by atoms with E-state index in [1.807, 2.05) is 0 Å². The molecule has 3 N–H and O–H groups in total. The van der Waals surface area contributed by atoms with E-state index in [1.54, 1.807) is 25.1 Å². The van der Waals surface area contributed by atoms with Crippen LogP contribution < -0.4 is 10.6 Å². The molecule has 2 unspecified atom stereocenters. The minimum absolute atomic E-state index is 0.146. The van der Waals surface area contributed by atoms with E-state index in [1.165, 1.54) is 0 Å². The number of carbonyl (C=O) groups excluding carboxylic acids is 1. The summed E-state index contributed by atoms with van der Waals surface area (Å²) < 4.78 is 5.41. The Hall–Kier alpha value is -1.92. The summed E-state index contributed by atoms with van der Waals surface area (Å²) >= 11 is 0. The van der Waals surface area contributed by atoms with Crippen molar-refractivity contribution in [3.8, 4) is 0 Å². The molecular formula is C13H15N3O3. The number of β-amino-alcohol motifs (C(OH)–C–C–N with tert-alkyl or cyclic N) is 1. The van der Waals surface area contributed by atoms with Crippen LogP contribution in [0.5, 0.6) is 0 Å². The van der Waals surface area contributed by atoms with Crippen LogP contribution in [0.4, 0.5) is 5.69 Å². The number of aryl methyl sites for hydroxylation is 1. The summed E-state index contributed by atoms with van der Waals surface area (Å²) in [6.45, 7) is 2.24. The fourth-order valence-corrected chi connectivity index (χ4v) is 2.26. The van der Waals surface area contributed by atoms with Crippen LogP contribution in [0.2, 0.25) is 0 Å². The first kappa shape index (κ1) is 12.1. The first-order valence-corrected chi connectivity index (χ1v) is 6.21. The van der Waals surface area contributed by atoms with Gasteiger partial charge in [-0.3, -0.25) is 4.79 Å². The smallest absolute Gasteiger partial charge is 0.241 e. The number of carbonyl (C=O) groups is 1. The molecule has 1 amide bonds. The highest BCUT2D eigenvalue weighted by molar-refractivity contribution is 5.96. The molecule has 19 heavy (non-hydrogen) atoms. The van der Waals surface area contributed by atoms with Crippen LogP contribution in [0.15, 0.2) is 22.6 Å². The molecule has 1 aromatic heterocycles. The van der Waals surface area contributed by atoms with Crippen molar-refractivity contribution in [1.82, 2.24) is 10.3 Å². The number of amides is 1. The van der Waals surface area contributed by atoms with Crippen LogP contribution in [-0.4, -0.2) is 34.7 Å². The van der Waals surface area contributed by atoms with Gasteiger partial charge in [-0.25, -0.2) is 4.98 Å². The summed E-state index contributed by atoms with van der Waals surface area (Å²) in [4.78, 5) is 16.2. The number of aromatic nitrogens is 1. The third kappa shape index (κ3) is 2.45. The Morgan fingerprint density at radius 1 is 1.58 bits per heavy atom. The molecule has 1 aliphatic heterocycles. The second kappa shape index (κ2) is 4.64. The molecule has 6 nitrogen and oxygen atoms in total. The van der Waals surface area contributed by atoms with Gasteiger partial charge in [-0.1, -0.05) is 0 Å². The van der Waals surface area contributed by atoms with E-state index in [0.717, 1.165) is 5.52 Å². The van der Waals surface area contributed by atoms with E-state index in [-0.39, 0.29) is 11.9 Å². The Morgan fingerprint density at radius 2 is 2.42 bits per heavy atom. The van der Waals surface area contributed by atoms with Gasteiger partial charge in [-0.2, -0.15) is 0 Å². The van der Waals surface area contributed by atoms with Crippen molar-refractivity contribution in [2.45, 2.75) is 25.5 Å². The third-order valence-corrected chi connectivity index (χ3v) is 3.19. The van der Waals surface area contributed by atoms with E-state index in [0.29, 0.717) is 30.1 Å². The molecule has 1 saturated heterocycles. The predicted molar refractivity (Wildman–Crippen MR) is 69.8 cm³/mol. The summed E-state index contributed by atoms with van der Waals surface area (Å²) in [7, 11) is 0. The van der Waals surface area contributed by atoms with Gasteiger partial charge in [0, 0.05) is 25.2 Å². The molecule has 0 bridgehead atoms. The van der Waals surface area contributed by atoms with Gasteiger partial charge >= 0.3 is 0 Å². The number of anilines is 1. The van der Waals surface area contributed by atoms with Crippen molar-refractivity contribution < 1.29 is 14.3 Å². The Morgan fingerprint density at radius 3 is 3.16 bits per heavy atom. The Balaban J connectivity index is 1.75. The highest BCUT2D eigenvalue weighted by Gasteiger charge is 2.28. The molecule has 2 atom stereocenters. The minimum Gasteiger partial charge on any atom is -0.441 e. The quantitative estimate of drug-likeness (QED) is 0.744. The van der Waals surface area contributed by atoms with Gasteiger partial charge in [0.15, 0.2) is 11.5 Å². The first-order chi connectivity index (χ1) is 9.11. The van der Waals surface area contributed by atoms with Gasteiger partial charge in [0.2, 0.25) is 5.91 Å². The molecule has 3 rings (SSSR count). The van der Waals surface area contributed by atoms with Crippen molar-refractivity contribution in [2.75, 3.05) is 11.9 Å². The number of aliphatic hydroxyl groups is 1. The molecule has 0 spiro atoms. The number of fused-ring (bicyclic) bond motifs is 1. The molecule has 1 aromatic carbocycles. The van der Waals surface area contributed by atoms with Crippen molar-refractivity contribution >= 4 is 22.7 Å². The average Bonchev–Trinajstić information content (AvgIpc) is 2.93. The standard InChI is InChI=1S/C13H15N3O3/c1-7-15-10-3-2-8(4-12(10)19-7)16-13(18)11-5-9(17)6-14-11/h2-4,9,11,14,17H,5-6H2,1H3,(H,16,18). The lowest BCUT2D eigenvalue weighted by Crippen LogP contribution is -2.35. The van der Waals surface area contributed by atoms with Crippen LogP contribution in [-0.2, 0) is 4.79 Å². The lowest BCUT2D eigenvalue weighted by molar-refractivity contribution is -0.117. The van der Waals surface area contributed by atoms with Gasteiger partial charge in [-0.05, 0) is 18.6 Å². The average molecular weight is 261 g/mol. The maximum Gasteiger partial charge on any atom is 0.241 e. The van der Waals surface area contributed by atoms with Crippen LogP contribution in [0.25, 0.3) is 11.1 Å². The summed E-state index contributed by atoms with van der Waals surface area (Å²) in [5.74, 6) is 0.450. The zero-order valence-electron chi connectivity index (χ0n) is 10.5. The number of hydrogen-bond acceptors (Lipinski definition) is 5. The molecule has 6 heteroatoms. The monoisotopic (exact) mass is 261 g/mol. The zero-order chi connectivity index (χ0) is 13.4. The van der Waals surface area contributed by atoms with Crippen LogP contribution in [0.1, 0.15) is 12.3 Å². The highest BCUT2D eigenvalue weighted by Crippen LogP contribution is 2.20. The highest BCUT2D eigenvalue weighted by atomic mass is 16.3. The van der Waals surface area contributed by atoms with E-state index in [4.69, 9.17) is 4.42 Å². The number of rotatable bonds is 2. The van der Waals surface area contributed by atoms with Crippen molar-refractivity contribution in [3.05, 3.63) is 24.1 Å². The number of hydrogen-bond donors (Lipinski definition) is 3. The molecule has 2 heterocycles. The fraction of sp³-hybridized carbons (Fsp3) is 0.385. The van der Waals surface area contributed by atoms with Gasteiger partial charge in [-0.15, -0.1) is 0 Å². The Kier molecular flexibility index (Phi) is 2.96. The zero-order valence-corrected chi connectivity index (χ0v) is 10.5. The molecule has 100 valence electrons. The van der Waals surface area contributed by atoms with E-state index < -0.39 is 6.10 Å². The van der Waals surface area contributed by atoms with Crippen LogP contribution in [0.3, 0.4) is 0 Å². The molecule has 0 aliphatic carbocycles. The minimum atomic E-state index is -0.449. The third-order valence-electron chi connectivity index (χ3n) is 3.19. The molecule has 0 saturated carbocycles. The Bertz CT molecular complexity index is 623. The van der Waals surface area contributed by atoms with Crippen LogP contribution in [0, 0.1) is 6.92 Å². The summed E-state index contributed by atoms with van der Waals surface area (Å²) in [6, 6.07) is 4.99. The molecule has 1 fully saturated rings. The first-order valence-electron chi connectivity index (χ1n) is 6.21. The van der Waals surface area contributed by atoms with E-state index >= 15 is 0 Å². The van der Waals surface area contributed by atoms with E-state index in [2.05, 4.69) is 15.6 Å². The van der Waals surface area contributed by atoms with Crippen LogP contribution >= 0.6 is 0 Å². The maximum absolute atomic E-state index is 12.0. The van der Waals surface area contributed by atoms with Gasteiger partial charge in [0.25, 0.3) is 0 Å². The lowest BCUT2D eigenvalue weighted by Gasteiger charge is -2.10. The predicted octanol–water partition coefficient (Wildman–Crippen LogP) is 0.798. The number of oxazole rings is 1. The number of nitrogens with one attached hydrogen (secondary N) is 2. The topological polar surface area (TPSA) is 87.4 Å². The van der Waals surface area contributed by atoms with Gasteiger partial charge in [0.05, 0.1) is 12.1 Å². The van der Waals surface area contributed by atoms with Gasteiger partial charge < -0.3 is 20.2 Å². The summed E-state index contributed by atoms with van der Waals surface area (Å²) in [5.41, 5.74) is 2.08. The largest absolute Gasteiger partial charge is 0.441 e. The van der Waals surface area contributed by atoms with Gasteiger partial charge in [0.1, 0.15) is 5.52 Å². The van der Waals surface area contributed by atoms with Crippen molar-refractivity contribution in [3.63, 3.8) is 0 Å². The lowest BCUT2D eigenvalue weighted by atomic mass is 10.2. The number of aliphatic hydroxyl groups excluding tert-OH is 1. The molecular weight excluding hydrogens is 246 g/mol. The van der Waals surface area contributed by atoms with Crippen molar-refractivity contribution in [1.29, 1.82) is 0 Å². The normalized spacial score (nSPS) is 22.8. The number of benzene rings is 1.